The third kappa shape index (κ3) is 1.81. The maximum absolute atomic E-state index is 12.3. The summed E-state index contributed by atoms with van der Waals surface area (Å²) < 4.78 is 36.8. The van der Waals surface area contributed by atoms with Crippen molar-refractivity contribution in [3.05, 3.63) is 34.9 Å². The second-order valence-corrected chi connectivity index (χ2v) is 2.59. The first-order chi connectivity index (χ1) is 5.96. The van der Waals surface area contributed by atoms with E-state index in [1.54, 1.807) is 6.07 Å². The van der Waals surface area contributed by atoms with E-state index in [1.807, 2.05) is 0 Å². The van der Waals surface area contributed by atoms with Crippen molar-refractivity contribution in [3.63, 3.8) is 0 Å². The van der Waals surface area contributed by atoms with Crippen LogP contribution in [0.25, 0.3) is 0 Å². The molecule has 0 N–H and O–H groups in total. The summed E-state index contributed by atoms with van der Waals surface area (Å²) in [6.45, 7) is 1.29. The Morgan fingerprint density at radius 3 is 2.38 bits per heavy atom. The summed E-state index contributed by atoms with van der Waals surface area (Å²) in [6.07, 6.45) is -4.38. The third-order valence-electron chi connectivity index (χ3n) is 1.76. The van der Waals surface area contributed by atoms with E-state index in [1.165, 1.54) is 19.1 Å². The molecule has 1 rings (SSSR count). The van der Waals surface area contributed by atoms with E-state index in [9.17, 15) is 13.2 Å². The molecule has 0 atom stereocenters. The van der Waals surface area contributed by atoms with Gasteiger partial charge in [-0.2, -0.15) is 18.4 Å². The summed E-state index contributed by atoms with van der Waals surface area (Å²) in [4.78, 5) is 0. The molecule has 0 amide bonds. The van der Waals surface area contributed by atoms with Crippen LogP contribution in [-0.2, 0) is 6.18 Å². The molecule has 0 aromatic heterocycles. The first kappa shape index (κ1) is 9.59. The Labute approximate surface area is 73.4 Å². The van der Waals surface area contributed by atoms with E-state index in [2.05, 4.69) is 0 Å². The van der Waals surface area contributed by atoms with Crippen molar-refractivity contribution in [2.45, 2.75) is 13.1 Å². The van der Waals surface area contributed by atoms with Crippen LogP contribution in [0.5, 0.6) is 0 Å². The van der Waals surface area contributed by atoms with Gasteiger partial charge in [0, 0.05) is 0 Å². The van der Waals surface area contributed by atoms with Crippen LogP contribution < -0.4 is 0 Å². The lowest BCUT2D eigenvalue weighted by Gasteiger charge is -2.10. The Kier molecular flexibility index (Phi) is 2.28. The number of rotatable bonds is 0. The highest BCUT2D eigenvalue weighted by molar-refractivity contribution is 5.42. The predicted octanol–water partition coefficient (Wildman–Crippen LogP) is 2.89. The molecule has 0 unspecified atom stereocenters. The SMILES string of the molecule is Cc1c(C#N)cccc1C(F)(F)F. The molecular weight excluding hydrogens is 179 g/mol. The van der Waals surface area contributed by atoms with Gasteiger partial charge in [-0.3, -0.25) is 0 Å². The van der Waals surface area contributed by atoms with Gasteiger partial charge in [0.15, 0.2) is 0 Å². The molecule has 0 aliphatic rings. The molecule has 0 saturated carbocycles. The highest BCUT2D eigenvalue weighted by Gasteiger charge is 2.32. The van der Waals surface area contributed by atoms with Crippen LogP contribution in [0.3, 0.4) is 0 Å². The molecule has 0 fully saturated rings. The van der Waals surface area contributed by atoms with Crippen molar-refractivity contribution >= 4 is 0 Å². The molecular formula is C9H6F3N. The Bertz CT molecular complexity index is 360. The van der Waals surface area contributed by atoms with E-state index in [0.717, 1.165) is 6.07 Å². The maximum Gasteiger partial charge on any atom is 0.416 e. The minimum Gasteiger partial charge on any atom is -0.192 e. The maximum atomic E-state index is 12.3. The molecule has 68 valence electrons. The molecule has 0 heterocycles. The number of nitriles is 1. The summed E-state index contributed by atoms with van der Waals surface area (Å²) in [6, 6.07) is 5.27. The van der Waals surface area contributed by atoms with E-state index in [4.69, 9.17) is 5.26 Å². The van der Waals surface area contributed by atoms with Crippen LogP contribution in [0.4, 0.5) is 13.2 Å². The van der Waals surface area contributed by atoms with Gasteiger partial charge in [-0.25, -0.2) is 0 Å². The lowest BCUT2D eigenvalue weighted by molar-refractivity contribution is -0.138. The highest BCUT2D eigenvalue weighted by atomic mass is 19.4. The lowest BCUT2D eigenvalue weighted by Crippen LogP contribution is -2.08. The number of benzene rings is 1. The molecule has 1 nitrogen and oxygen atoms in total. The zero-order chi connectivity index (χ0) is 10.1. The van der Waals surface area contributed by atoms with E-state index >= 15 is 0 Å². The summed E-state index contributed by atoms with van der Waals surface area (Å²) >= 11 is 0. The average molecular weight is 185 g/mol. The zero-order valence-electron chi connectivity index (χ0n) is 6.81. The monoisotopic (exact) mass is 185 g/mol. The summed E-state index contributed by atoms with van der Waals surface area (Å²) in [5.41, 5.74) is -0.695. The Morgan fingerprint density at radius 1 is 1.31 bits per heavy atom. The van der Waals surface area contributed by atoms with Crippen LogP contribution in [0.15, 0.2) is 18.2 Å². The Morgan fingerprint density at radius 2 is 1.92 bits per heavy atom. The smallest absolute Gasteiger partial charge is 0.192 e. The van der Waals surface area contributed by atoms with Crippen molar-refractivity contribution in [1.29, 1.82) is 5.26 Å². The largest absolute Gasteiger partial charge is 0.416 e. The molecule has 0 spiro atoms. The van der Waals surface area contributed by atoms with Gasteiger partial charge in [-0.15, -0.1) is 0 Å². The van der Waals surface area contributed by atoms with Gasteiger partial charge in [0.2, 0.25) is 0 Å². The minimum absolute atomic E-state index is 0.0162. The molecule has 0 radical (unpaired) electrons. The molecule has 4 heteroatoms. The fourth-order valence-electron chi connectivity index (χ4n) is 1.06. The Hall–Kier alpha value is -1.50. The van der Waals surface area contributed by atoms with Crippen LogP contribution in [-0.4, -0.2) is 0 Å². The van der Waals surface area contributed by atoms with Crippen molar-refractivity contribution in [1.82, 2.24) is 0 Å². The van der Waals surface area contributed by atoms with Gasteiger partial charge in [-0.05, 0) is 24.6 Å². The number of nitrogens with zero attached hydrogens (tertiary/aromatic N) is 1. The van der Waals surface area contributed by atoms with Gasteiger partial charge in [0.05, 0.1) is 17.2 Å². The van der Waals surface area contributed by atoms with E-state index in [-0.39, 0.29) is 11.1 Å². The molecule has 0 aliphatic heterocycles. The predicted molar refractivity (Wildman–Crippen MR) is 40.9 cm³/mol. The first-order valence-corrected chi connectivity index (χ1v) is 3.53. The molecule has 13 heavy (non-hydrogen) atoms. The molecule has 0 saturated heterocycles. The average Bonchev–Trinajstić information content (AvgIpc) is 2.02. The fourth-order valence-corrected chi connectivity index (χ4v) is 1.06. The summed E-state index contributed by atoms with van der Waals surface area (Å²) in [7, 11) is 0. The van der Waals surface area contributed by atoms with Crippen LogP contribution in [0.2, 0.25) is 0 Å². The lowest BCUT2D eigenvalue weighted by atomic mass is 10.0. The van der Waals surface area contributed by atoms with Crippen molar-refractivity contribution in [2.24, 2.45) is 0 Å². The standard InChI is InChI=1S/C9H6F3N/c1-6-7(5-13)3-2-4-8(6)9(10,11)12/h2-4H,1H3. The third-order valence-corrected chi connectivity index (χ3v) is 1.76. The minimum atomic E-state index is -4.38. The summed E-state index contributed by atoms with van der Waals surface area (Å²) in [5.74, 6) is 0. The van der Waals surface area contributed by atoms with Gasteiger partial charge in [0.25, 0.3) is 0 Å². The van der Waals surface area contributed by atoms with Crippen molar-refractivity contribution in [2.75, 3.05) is 0 Å². The zero-order valence-corrected chi connectivity index (χ0v) is 6.81. The second-order valence-electron chi connectivity index (χ2n) is 2.59. The van der Waals surface area contributed by atoms with Gasteiger partial charge in [-0.1, -0.05) is 6.07 Å². The summed E-state index contributed by atoms with van der Waals surface area (Å²) in [5, 5.41) is 8.49. The van der Waals surface area contributed by atoms with Crippen LogP contribution >= 0.6 is 0 Å². The van der Waals surface area contributed by atoms with E-state index < -0.39 is 11.7 Å². The molecule has 1 aromatic rings. The second kappa shape index (κ2) is 3.09. The topological polar surface area (TPSA) is 23.8 Å². The number of hydrogen-bond acceptors (Lipinski definition) is 1. The van der Waals surface area contributed by atoms with Crippen LogP contribution in [0, 0.1) is 18.3 Å². The Balaban J connectivity index is 3.34. The van der Waals surface area contributed by atoms with Gasteiger partial charge >= 0.3 is 6.18 Å². The van der Waals surface area contributed by atoms with Crippen molar-refractivity contribution < 1.29 is 13.2 Å². The highest BCUT2D eigenvalue weighted by Crippen LogP contribution is 2.32. The first-order valence-electron chi connectivity index (χ1n) is 3.53. The molecule has 1 aromatic carbocycles. The molecule has 0 bridgehead atoms. The van der Waals surface area contributed by atoms with Crippen molar-refractivity contribution in [3.8, 4) is 6.07 Å². The number of hydrogen-bond donors (Lipinski definition) is 0. The van der Waals surface area contributed by atoms with E-state index in [0.29, 0.717) is 0 Å². The fraction of sp³-hybridized carbons (Fsp3) is 0.222. The quantitative estimate of drug-likeness (QED) is 0.609. The molecule has 0 aliphatic carbocycles. The van der Waals surface area contributed by atoms with Gasteiger partial charge < -0.3 is 0 Å². The van der Waals surface area contributed by atoms with Gasteiger partial charge in [0.1, 0.15) is 0 Å². The number of alkyl halides is 3. The van der Waals surface area contributed by atoms with Crippen LogP contribution in [0.1, 0.15) is 16.7 Å². The normalized spacial score (nSPS) is 11.0. The number of halogens is 3.